The van der Waals surface area contributed by atoms with Gasteiger partial charge in [-0.3, -0.25) is 8.37 Å². The zero-order valence-corrected chi connectivity index (χ0v) is 11.7. The molecule has 18 heavy (non-hydrogen) atoms. The summed E-state index contributed by atoms with van der Waals surface area (Å²) in [5.74, 6) is 9.09. The molecule has 0 radical (unpaired) electrons. The van der Waals surface area contributed by atoms with Gasteiger partial charge >= 0.3 is 0 Å². The fourth-order valence-electron chi connectivity index (χ4n) is 0.566. The zero-order chi connectivity index (χ0) is 14.1. The predicted octanol–water partition coefficient (Wildman–Crippen LogP) is -0.274. The minimum atomic E-state index is -3.49. The summed E-state index contributed by atoms with van der Waals surface area (Å²) < 4.78 is 52.4. The molecule has 6 nitrogen and oxygen atoms in total. The third kappa shape index (κ3) is 9.02. The molecule has 0 aliphatic rings. The van der Waals surface area contributed by atoms with Crippen molar-refractivity contribution in [1.82, 2.24) is 0 Å². The first-order chi connectivity index (χ1) is 8.33. The van der Waals surface area contributed by atoms with Crippen molar-refractivity contribution in [2.24, 2.45) is 0 Å². The molecule has 0 aliphatic carbocycles. The van der Waals surface area contributed by atoms with E-state index in [0.29, 0.717) is 0 Å². The Morgan fingerprint density at radius 1 is 0.778 bits per heavy atom. The Hall–Kier alpha value is -1.06. The second kappa shape index (κ2) is 8.11. The number of hydrogen-bond donors (Lipinski definition) is 0. The Morgan fingerprint density at radius 3 is 1.39 bits per heavy atom. The lowest BCUT2D eigenvalue weighted by molar-refractivity contribution is 0.363. The van der Waals surface area contributed by atoms with Crippen LogP contribution >= 0.6 is 0 Å². The van der Waals surface area contributed by atoms with Crippen molar-refractivity contribution in [2.75, 3.05) is 24.7 Å². The monoisotopic (exact) mass is 294 g/mol. The molecule has 0 amide bonds. The third-order valence-corrected chi connectivity index (χ3v) is 3.94. The second-order valence-corrected chi connectivity index (χ2v) is 6.68. The SMILES string of the molecule is CCS(=O)(=O)OCC#CC#CCOS(=O)(=O)CC. The first-order valence-corrected chi connectivity index (χ1v) is 8.18. The van der Waals surface area contributed by atoms with Gasteiger partial charge in [0, 0.05) is 0 Å². The fourth-order valence-corrected chi connectivity index (χ4v) is 1.38. The molecule has 0 saturated carbocycles. The molecule has 0 heterocycles. The summed E-state index contributed by atoms with van der Waals surface area (Å²) in [5, 5.41) is 0. The van der Waals surface area contributed by atoms with Gasteiger partial charge in [0.1, 0.15) is 13.2 Å². The van der Waals surface area contributed by atoms with Gasteiger partial charge in [0.2, 0.25) is 0 Å². The number of rotatable bonds is 6. The van der Waals surface area contributed by atoms with Crippen molar-refractivity contribution in [1.29, 1.82) is 0 Å². The molecular formula is C10H14O6S2. The fraction of sp³-hybridized carbons (Fsp3) is 0.600. The molecule has 0 aromatic heterocycles. The summed E-state index contributed by atoms with van der Waals surface area (Å²) in [5.41, 5.74) is 0. The summed E-state index contributed by atoms with van der Waals surface area (Å²) in [4.78, 5) is 0. The van der Waals surface area contributed by atoms with Crippen LogP contribution in [-0.4, -0.2) is 41.6 Å². The third-order valence-electron chi connectivity index (χ3n) is 1.57. The van der Waals surface area contributed by atoms with Gasteiger partial charge in [-0.1, -0.05) is 11.8 Å². The van der Waals surface area contributed by atoms with Crippen LogP contribution in [0.5, 0.6) is 0 Å². The molecule has 0 aliphatic heterocycles. The van der Waals surface area contributed by atoms with Crippen molar-refractivity contribution in [3.8, 4) is 23.7 Å². The minimum absolute atomic E-state index is 0.122. The maximum Gasteiger partial charge on any atom is 0.267 e. The Balaban J connectivity index is 4.00. The van der Waals surface area contributed by atoms with E-state index in [-0.39, 0.29) is 24.7 Å². The highest BCUT2D eigenvalue weighted by molar-refractivity contribution is 7.86. The Kier molecular flexibility index (Phi) is 7.64. The van der Waals surface area contributed by atoms with Crippen LogP contribution in [0.2, 0.25) is 0 Å². The van der Waals surface area contributed by atoms with E-state index < -0.39 is 20.2 Å². The standard InChI is InChI=1S/C10H14O6S2/c1-3-17(11,12)15-9-7-5-6-8-10-16-18(13,14)4-2/h3-4,9-10H2,1-2H3. The lowest BCUT2D eigenvalue weighted by atomic mass is 10.5. The summed E-state index contributed by atoms with van der Waals surface area (Å²) in [7, 11) is -6.99. The van der Waals surface area contributed by atoms with E-state index >= 15 is 0 Å². The maximum atomic E-state index is 10.9. The quantitative estimate of drug-likeness (QED) is 0.495. The van der Waals surface area contributed by atoms with Crippen LogP contribution in [0.4, 0.5) is 0 Å². The van der Waals surface area contributed by atoms with Crippen LogP contribution in [0, 0.1) is 23.7 Å². The van der Waals surface area contributed by atoms with Gasteiger partial charge in [0.05, 0.1) is 11.5 Å². The molecule has 0 N–H and O–H groups in total. The highest BCUT2D eigenvalue weighted by Gasteiger charge is 2.05. The average molecular weight is 294 g/mol. The van der Waals surface area contributed by atoms with E-state index in [2.05, 4.69) is 32.0 Å². The van der Waals surface area contributed by atoms with Crippen LogP contribution in [0.3, 0.4) is 0 Å². The van der Waals surface area contributed by atoms with Gasteiger partial charge < -0.3 is 0 Å². The molecule has 0 fully saturated rings. The smallest absolute Gasteiger partial charge is 0.257 e. The van der Waals surface area contributed by atoms with Crippen LogP contribution < -0.4 is 0 Å². The topological polar surface area (TPSA) is 86.7 Å². The average Bonchev–Trinajstić information content (AvgIpc) is 2.32. The lowest BCUT2D eigenvalue weighted by Gasteiger charge is -1.96. The van der Waals surface area contributed by atoms with Crippen molar-refractivity contribution >= 4 is 20.2 Å². The molecule has 0 rings (SSSR count). The zero-order valence-electron chi connectivity index (χ0n) is 10.1. The number of hydrogen-bond acceptors (Lipinski definition) is 6. The van der Waals surface area contributed by atoms with E-state index in [1.807, 2.05) is 0 Å². The van der Waals surface area contributed by atoms with Crippen LogP contribution in [0.15, 0.2) is 0 Å². The molecule has 0 atom stereocenters. The second-order valence-electron chi connectivity index (χ2n) is 2.82. The van der Waals surface area contributed by atoms with Gasteiger partial charge in [0.15, 0.2) is 0 Å². The van der Waals surface area contributed by atoms with E-state index in [4.69, 9.17) is 0 Å². The van der Waals surface area contributed by atoms with Gasteiger partial charge in [-0.25, -0.2) is 0 Å². The van der Waals surface area contributed by atoms with Crippen LogP contribution in [-0.2, 0) is 28.6 Å². The Labute approximate surface area is 108 Å². The minimum Gasteiger partial charge on any atom is -0.257 e. The first kappa shape index (κ1) is 16.9. The van der Waals surface area contributed by atoms with Crippen molar-refractivity contribution in [2.45, 2.75) is 13.8 Å². The van der Waals surface area contributed by atoms with Gasteiger partial charge in [-0.2, -0.15) is 16.8 Å². The summed E-state index contributed by atoms with van der Waals surface area (Å²) in [6.07, 6.45) is 0. The summed E-state index contributed by atoms with van der Waals surface area (Å²) >= 11 is 0. The van der Waals surface area contributed by atoms with E-state index in [9.17, 15) is 16.8 Å². The molecule has 0 bridgehead atoms. The molecule has 8 heteroatoms. The molecule has 0 spiro atoms. The van der Waals surface area contributed by atoms with E-state index in [1.165, 1.54) is 13.8 Å². The Bertz CT molecular complexity index is 511. The summed E-state index contributed by atoms with van der Waals surface area (Å²) in [6.45, 7) is 2.35. The normalized spacial score (nSPS) is 11.0. The van der Waals surface area contributed by atoms with E-state index in [1.54, 1.807) is 0 Å². The largest absolute Gasteiger partial charge is 0.267 e. The highest BCUT2D eigenvalue weighted by atomic mass is 32.2. The maximum absolute atomic E-state index is 10.9. The van der Waals surface area contributed by atoms with Crippen LogP contribution in [0.25, 0.3) is 0 Å². The molecule has 0 aromatic rings. The van der Waals surface area contributed by atoms with E-state index in [0.717, 1.165) is 0 Å². The predicted molar refractivity (Wildman–Crippen MR) is 66.4 cm³/mol. The molecule has 0 aromatic carbocycles. The highest BCUT2D eigenvalue weighted by Crippen LogP contribution is 1.90. The lowest BCUT2D eigenvalue weighted by Crippen LogP contribution is -2.08. The molecular weight excluding hydrogens is 280 g/mol. The molecule has 0 unspecified atom stereocenters. The van der Waals surface area contributed by atoms with Gasteiger partial charge in [-0.05, 0) is 25.7 Å². The van der Waals surface area contributed by atoms with Crippen molar-refractivity contribution < 1.29 is 25.2 Å². The molecule has 102 valence electrons. The van der Waals surface area contributed by atoms with Gasteiger partial charge in [-0.15, -0.1) is 0 Å². The van der Waals surface area contributed by atoms with Crippen molar-refractivity contribution in [3.63, 3.8) is 0 Å². The Morgan fingerprint density at radius 2 is 1.11 bits per heavy atom. The summed E-state index contributed by atoms with van der Waals surface area (Å²) in [6, 6.07) is 0. The van der Waals surface area contributed by atoms with Crippen molar-refractivity contribution in [3.05, 3.63) is 0 Å². The van der Waals surface area contributed by atoms with Crippen LogP contribution in [0.1, 0.15) is 13.8 Å². The van der Waals surface area contributed by atoms with Gasteiger partial charge in [0.25, 0.3) is 20.2 Å². The molecule has 0 saturated heterocycles. The first-order valence-electron chi connectivity index (χ1n) is 5.03.